The number of ether oxygens (including phenoxy) is 2. The summed E-state index contributed by atoms with van der Waals surface area (Å²) in [5.74, 6) is 0. The molecule has 23 heavy (non-hydrogen) atoms. The van der Waals surface area contributed by atoms with Crippen molar-refractivity contribution in [3.05, 3.63) is 46.5 Å². The molecule has 1 aliphatic heterocycles. The normalized spacial score (nSPS) is 31.1. The Labute approximate surface area is 139 Å². The van der Waals surface area contributed by atoms with E-state index < -0.39 is 30.7 Å². The van der Waals surface area contributed by atoms with Crippen LogP contribution in [0.5, 0.6) is 0 Å². The molecule has 1 saturated heterocycles. The Hall–Kier alpha value is -0.990. The van der Waals surface area contributed by atoms with Crippen LogP contribution in [0.15, 0.2) is 24.8 Å². The molecule has 6 nitrogen and oxygen atoms in total. The van der Waals surface area contributed by atoms with Crippen LogP contribution in [0.2, 0.25) is 5.02 Å². The fraction of sp³-hybridized carbons (Fsp3) is 0.500. The predicted molar refractivity (Wildman–Crippen MR) is 83.9 cm³/mol. The van der Waals surface area contributed by atoms with Gasteiger partial charge in [0.2, 0.25) is 0 Å². The molecule has 1 aromatic carbocycles. The molecule has 2 rings (SSSR count). The van der Waals surface area contributed by atoms with Gasteiger partial charge in [0.05, 0.1) is 13.2 Å². The summed E-state index contributed by atoms with van der Waals surface area (Å²) < 4.78 is 10.6. The zero-order chi connectivity index (χ0) is 17.1. The number of aliphatic hydroxyl groups excluding tert-OH is 4. The number of hydrogen-bond acceptors (Lipinski definition) is 6. The SMILES string of the molecule is C=CCOCc1cc([C@@H]2OC(O)[C@@H](O)[C@H](O)[C@H]2O)cc(C)c1Cl. The van der Waals surface area contributed by atoms with Crippen molar-refractivity contribution in [3.63, 3.8) is 0 Å². The summed E-state index contributed by atoms with van der Waals surface area (Å²) in [7, 11) is 0. The highest BCUT2D eigenvalue weighted by atomic mass is 35.5. The molecular formula is C16H21ClO6. The van der Waals surface area contributed by atoms with Crippen molar-refractivity contribution in [2.24, 2.45) is 0 Å². The topological polar surface area (TPSA) is 99.4 Å². The third-order valence-electron chi connectivity index (χ3n) is 3.76. The lowest BCUT2D eigenvalue weighted by Gasteiger charge is -2.38. The third kappa shape index (κ3) is 3.92. The molecule has 0 bridgehead atoms. The molecule has 4 N–H and O–H groups in total. The average Bonchev–Trinajstić information content (AvgIpc) is 2.53. The summed E-state index contributed by atoms with van der Waals surface area (Å²) in [6.07, 6.45) is -5.42. The lowest BCUT2D eigenvalue weighted by molar-refractivity contribution is -0.284. The van der Waals surface area contributed by atoms with Gasteiger partial charge in [-0.2, -0.15) is 0 Å². The van der Waals surface area contributed by atoms with Gasteiger partial charge in [-0.05, 0) is 29.7 Å². The Morgan fingerprint density at radius 3 is 2.57 bits per heavy atom. The second kappa shape index (κ2) is 7.72. The number of aliphatic hydroxyl groups is 4. The molecule has 1 aliphatic rings. The van der Waals surface area contributed by atoms with Gasteiger partial charge >= 0.3 is 0 Å². The van der Waals surface area contributed by atoms with Gasteiger partial charge in [0.1, 0.15) is 24.4 Å². The van der Waals surface area contributed by atoms with Crippen LogP contribution in [0.3, 0.4) is 0 Å². The summed E-state index contributed by atoms with van der Waals surface area (Å²) in [4.78, 5) is 0. The molecule has 0 aromatic heterocycles. The van der Waals surface area contributed by atoms with E-state index in [1.807, 2.05) is 0 Å². The van der Waals surface area contributed by atoms with E-state index in [1.165, 1.54) is 0 Å². The smallest absolute Gasteiger partial charge is 0.184 e. The monoisotopic (exact) mass is 344 g/mol. The first kappa shape index (κ1) is 18.4. The van der Waals surface area contributed by atoms with E-state index in [2.05, 4.69) is 6.58 Å². The summed E-state index contributed by atoms with van der Waals surface area (Å²) >= 11 is 6.25. The minimum atomic E-state index is -1.59. The summed E-state index contributed by atoms with van der Waals surface area (Å²) in [6.45, 7) is 5.97. The molecule has 0 aliphatic carbocycles. The standard InChI is InChI=1S/C16H21ClO6/c1-3-4-22-7-10-6-9(5-8(2)11(10)17)15-13(19)12(18)14(20)16(21)23-15/h3,5-6,12-16,18-21H,1,4,7H2,2H3/t12-,13-,14+,15+,16?/m1/s1. The number of halogens is 1. The minimum absolute atomic E-state index is 0.246. The Morgan fingerprint density at radius 1 is 1.22 bits per heavy atom. The van der Waals surface area contributed by atoms with Gasteiger partial charge in [0.25, 0.3) is 0 Å². The van der Waals surface area contributed by atoms with Crippen molar-refractivity contribution in [1.29, 1.82) is 0 Å². The fourth-order valence-corrected chi connectivity index (χ4v) is 2.69. The summed E-state index contributed by atoms with van der Waals surface area (Å²) in [6, 6.07) is 3.38. The van der Waals surface area contributed by atoms with Crippen molar-refractivity contribution in [2.75, 3.05) is 6.61 Å². The van der Waals surface area contributed by atoms with Crippen molar-refractivity contribution < 1.29 is 29.9 Å². The lowest BCUT2D eigenvalue weighted by atomic mass is 9.92. The highest BCUT2D eigenvalue weighted by Crippen LogP contribution is 2.34. The van der Waals surface area contributed by atoms with Gasteiger partial charge in [0, 0.05) is 5.02 Å². The van der Waals surface area contributed by atoms with Crippen LogP contribution in [0, 0.1) is 6.92 Å². The molecule has 1 fully saturated rings. The summed E-state index contributed by atoms with van der Waals surface area (Å²) in [5, 5.41) is 39.7. The maximum Gasteiger partial charge on any atom is 0.184 e. The number of hydrogen-bond donors (Lipinski definition) is 4. The fourth-order valence-electron chi connectivity index (χ4n) is 2.53. The van der Waals surface area contributed by atoms with Gasteiger partial charge in [-0.1, -0.05) is 23.7 Å². The second-order valence-electron chi connectivity index (χ2n) is 5.53. The van der Waals surface area contributed by atoms with Crippen molar-refractivity contribution in [2.45, 2.75) is 44.2 Å². The van der Waals surface area contributed by atoms with E-state index >= 15 is 0 Å². The van der Waals surface area contributed by atoms with Crippen molar-refractivity contribution >= 4 is 11.6 Å². The molecule has 1 aromatic rings. The molecule has 5 atom stereocenters. The molecule has 7 heteroatoms. The predicted octanol–water partition coefficient (Wildman–Crippen LogP) is 0.823. The van der Waals surface area contributed by atoms with Gasteiger partial charge in [-0.25, -0.2) is 0 Å². The Bertz CT molecular complexity index is 564. The van der Waals surface area contributed by atoms with Crippen LogP contribution in [-0.4, -0.2) is 51.6 Å². The first-order chi connectivity index (χ1) is 10.9. The van der Waals surface area contributed by atoms with Crippen LogP contribution in [0.4, 0.5) is 0 Å². The molecule has 1 unspecified atom stereocenters. The Kier molecular flexibility index (Phi) is 6.16. The van der Waals surface area contributed by atoms with Gasteiger partial charge < -0.3 is 29.9 Å². The Morgan fingerprint density at radius 2 is 1.91 bits per heavy atom. The molecule has 0 saturated carbocycles. The number of rotatable bonds is 5. The molecular weight excluding hydrogens is 324 g/mol. The van der Waals surface area contributed by atoms with Crippen LogP contribution in [0.25, 0.3) is 0 Å². The minimum Gasteiger partial charge on any atom is -0.387 e. The van der Waals surface area contributed by atoms with Gasteiger partial charge in [-0.15, -0.1) is 6.58 Å². The van der Waals surface area contributed by atoms with E-state index in [-0.39, 0.29) is 6.61 Å². The second-order valence-corrected chi connectivity index (χ2v) is 5.91. The van der Waals surface area contributed by atoms with Crippen LogP contribution in [0.1, 0.15) is 22.8 Å². The van der Waals surface area contributed by atoms with E-state index in [0.717, 1.165) is 5.56 Å². The van der Waals surface area contributed by atoms with Gasteiger partial charge in [-0.3, -0.25) is 0 Å². The summed E-state index contributed by atoms with van der Waals surface area (Å²) in [5.41, 5.74) is 1.96. The van der Waals surface area contributed by atoms with E-state index in [4.69, 9.17) is 21.1 Å². The van der Waals surface area contributed by atoms with E-state index in [1.54, 1.807) is 25.1 Å². The highest BCUT2D eigenvalue weighted by molar-refractivity contribution is 6.32. The zero-order valence-electron chi connectivity index (χ0n) is 12.7. The maximum absolute atomic E-state index is 10.1. The lowest BCUT2D eigenvalue weighted by Crippen LogP contribution is -2.54. The molecule has 0 radical (unpaired) electrons. The molecule has 0 spiro atoms. The van der Waals surface area contributed by atoms with Crippen LogP contribution >= 0.6 is 11.6 Å². The first-order valence-corrected chi connectivity index (χ1v) is 7.60. The first-order valence-electron chi connectivity index (χ1n) is 7.22. The number of benzene rings is 1. The van der Waals surface area contributed by atoms with Gasteiger partial charge in [0.15, 0.2) is 6.29 Å². The van der Waals surface area contributed by atoms with E-state index in [9.17, 15) is 20.4 Å². The zero-order valence-corrected chi connectivity index (χ0v) is 13.5. The average molecular weight is 345 g/mol. The molecule has 1 heterocycles. The van der Waals surface area contributed by atoms with E-state index in [0.29, 0.717) is 22.8 Å². The quantitative estimate of drug-likeness (QED) is 0.466. The highest BCUT2D eigenvalue weighted by Gasteiger charge is 2.43. The number of aryl methyl sites for hydroxylation is 1. The maximum atomic E-state index is 10.1. The third-order valence-corrected chi connectivity index (χ3v) is 4.30. The Balaban J connectivity index is 2.29. The molecule has 128 valence electrons. The van der Waals surface area contributed by atoms with Crippen LogP contribution < -0.4 is 0 Å². The molecule has 0 amide bonds. The van der Waals surface area contributed by atoms with Crippen molar-refractivity contribution in [3.8, 4) is 0 Å². The van der Waals surface area contributed by atoms with Crippen LogP contribution in [-0.2, 0) is 16.1 Å². The largest absolute Gasteiger partial charge is 0.387 e. The van der Waals surface area contributed by atoms with Crippen molar-refractivity contribution in [1.82, 2.24) is 0 Å².